The number of hydrogen-bond donors (Lipinski definition) is 0. The van der Waals surface area contributed by atoms with Crippen molar-refractivity contribution < 1.29 is 23.8 Å². The average Bonchev–Trinajstić information content (AvgIpc) is 2.33. The van der Waals surface area contributed by atoms with E-state index >= 15 is 0 Å². The number of esters is 2. The summed E-state index contributed by atoms with van der Waals surface area (Å²) in [7, 11) is 0. The van der Waals surface area contributed by atoms with Gasteiger partial charge in [-0.1, -0.05) is 0 Å². The Labute approximate surface area is 107 Å². The summed E-state index contributed by atoms with van der Waals surface area (Å²) >= 11 is 0. The van der Waals surface area contributed by atoms with E-state index in [1.54, 1.807) is 20.8 Å². The molecule has 5 nitrogen and oxygen atoms in total. The molecule has 0 atom stereocenters. The predicted octanol–water partition coefficient (Wildman–Crippen LogP) is 1.98. The molecule has 0 bridgehead atoms. The van der Waals surface area contributed by atoms with Gasteiger partial charge in [-0.05, 0) is 39.3 Å². The van der Waals surface area contributed by atoms with Crippen molar-refractivity contribution in [3.8, 4) is 0 Å². The van der Waals surface area contributed by atoms with Gasteiger partial charge in [0, 0.05) is 0 Å². The third kappa shape index (κ3) is 6.08. The standard InChI is InChI=1S/C13H20O5/c1-5-16-9-10(4)8-11(12(14)17-6-2)13(15)18-7-3/h8-9H,5-7H2,1-4H3. The number of hydrogen-bond acceptors (Lipinski definition) is 5. The van der Waals surface area contributed by atoms with Gasteiger partial charge < -0.3 is 14.2 Å². The Balaban J connectivity index is 5.01. The highest BCUT2D eigenvalue weighted by Gasteiger charge is 2.20. The second-order valence-corrected chi connectivity index (χ2v) is 3.32. The zero-order chi connectivity index (χ0) is 14.0. The molecule has 0 spiro atoms. The highest BCUT2D eigenvalue weighted by Crippen LogP contribution is 2.07. The molecule has 0 saturated heterocycles. The van der Waals surface area contributed by atoms with Gasteiger partial charge in [-0.2, -0.15) is 0 Å². The zero-order valence-corrected chi connectivity index (χ0v) is 11.3. The Morgan fingerprint density at radius 2 is 1.44 bits per heavy atom. The van der Waals surface area contributed by atoms with E-state index in [1.165, 1.54) is 12.3 Å². The predicted molar refractivity (Wildman–Crippen MR) is 66.7 cm³/mol. The van der Waals surface area contributed by atoms with Gasteiger partial charge in [0.25, 0.3) is 0 Å². The van der Waals surface area contributed by atoms with E-state index in [4.69, 9.17) is 14.2 Å². The molecule has 0 heterocycles. The molecule has 102 valence electrons. The maximum Gasteiger partial charge on any atom is 0.345 e. The molecule has 0 rings (SSSR count). The summed E-state index contributed by atoms with van der Waals surface area (Å²) in [4.78, 5) is 23.2. The van der Waals surface area contributed by atoms with Crippen LogP contribution >= 0.6 is 0 Å². The lowest BCUT2D eigenvalue weighted by Gasteiger charge is -2.06. The molecule has 0 aromatic heterocycles. The molecular weight excluding hydrogens is 236 g/mol. The van der Waals surface area contributed by atoms with Gasteiger partial charge in [-0.3, -0.25) is 0 Å². The van der Waals surface area contributed by atoms with Gasteiger partial charge in [-0.15, -0.1) is 0 Å². The Bertz CT molecular complexity index is 321. The molecule has 0 fully saturated rings. The highest BCUT2D eigenvalue weighted by atomic mass is 16.6. The molecule has 0 radical (unpaired) electrons. The lowest BCUT2D eigenvalue weighted by atomic mass is 10.2. The van der Waals surface area contributed by atoms with Crippen LogP contribution in [-0.4, -0.2) is 31.8 Å². The highest BCUT2D eigenvalue weighted by molar-refractivity contribution is 6.14. The lowest BCUT2D eigenvalue weighted by molar-refractivity contribution is -0.146. The summed E-state index contributed by atoms with van der Waals surface area (Å²) in [6.45, 7) is 7.80. The third-order valence-electron chi connectivity index (χ3n) is 1.80. The van der Waals surface area contributed by atoms with Gasteiger partial charge in [0.05, 0.1) is 26.1 Å². The van der Waals surface area contributed by atoms with Gasteiger partial charge >= 0.3 is 11.9 Å². The topological polar surface area (TPSA) is 61.8 Å². The number of carbonyl (C=O) groups is 2. The maximum atomic E-state index is 11.6. The summed E-state index contributed by atoms with van der Waals surface area (Å²) in [6.07, 6.45) is 2.87. The minimum absolute atomic E-state index is 0.132. The van der Waals surface area contributed by atoms with Gasteiger partial charge in [0.1, 0.15) is 5.57 Å². The molecule has 0 unspecified atom stereocenters. The van der Waals surface area contributed by atoms with Crippen molar-refractivity contribution in [1.82, 2.24) is 0 Å². The monoisotopic (exact) mass is 256 g/mol. The summed E-state index contributed by atoms with van der Waals surface area (Å²) in [5, 5.41) is 0. The van der Waals surface area contributed by atoms with Crippen LogP contribution in [0.2, 0.25) is 0 Å². The van der Waals surface area contributed by atoms with Crippen molar-refractivity contribution >= 4 is 11.9 Å². The first kappa shape index (κ1) is 16.2. The normalized spacial score (nSPS) is 10.6. The quantitative estimate of drug-likeness (QED) is 0.174. The fraction of sp³-hybridized carbons (Fsp3) is 0.538. The van der Waals surface area contributed by atoms with E-state index in [0.29, 0.717) is 12.2 Å². The Morgan fingerprint density at radius 1 is 0.944 bits per heavy atom. The molecule has 0 aliphatic carbocycles. The van der Waals surface area contributed by atoms with Crippen molar-refractivity contribution in [2.75, 3.05) is 19.8 Å². The molecule has 0 amide bonds. The van der Waals surface area contributed by atoms with Crippen LogP contribution in [0.25, 0.3) is 0 Å². The maximum absolute atomic E-state index is 11.6. The molecule has 5 heteroatoms. The number of ether oxygens (including phenoxy) is 3. The van der Waals surface area contributed by atoms with E-state index in [1.807, 2.05) is 6.92 Å². The van der Waals surface area contributed by atoms with Gasteiger partial charge in [-0.25, -0.2) is 9.59 Å². The first-order valence-electron chi connectivity index (χ1n) is 5.91. The summed E-state index contributed by atoms with van der Waals surface area (Å²) in [6, 6.07) is 0. The zero-order valence-electron chi connectivity index (χ0n) is 11.3. The van der Waals surface area contributed by atoms with E-state index < -0.39 is 11.9 Å². The first-order chi connectivity index (χ1) is 8.56. The van der Waals surface area contributed by atoms with Crippen molar-refractivity contribution in [2.45, 2.75) is 27.7 Å². The summed E-state index contributed by atoms with van der Waals surface area (Å²) < 4.78 is 14.7. The van der Waals surface area contributed by atoms with E-state index in [0.717, 1.165) is 0 Å². The van der Waals surface area contributed by atoms with Crippen molar-refractivity contribution in [2.24, 2.45) is 0 Å². The minimum atomic E-state index is -0.694. The average molecular weight is 256 g/mol. The molecule has 0 N–H and O–H groups in total. The number of rotatable bonds is 7. The molecule has 0 saturated carbocycles. The van der Waals surface area contributed by atoms with Crippen LogP contribution in [0, 0.1) is 0 Å². The molecule has 18 heavy (non-hydrogen) atoms. The van der Waals surface area contributed by atoms with Crippen LogP contribution in [-0.2, 0) is 23.8 Å². The van der Waals surface area contributed by atoms with Crippen LogP contribution in [0.5, 0.6) is 0 Å². The van der Waals surface area contributed by atoms with Crippen LogP contribution in [0.3, 0.4) is 0 Å². The van der Waals surface area contributed by atoms with E-state index in [-0.39, 0.29) is 18.8 Å². The molecular formula is C13H20O5. The number of carbonyl (C=O) groups excluding carboxylic acids is 2. The van der Waals surface area contributed by atoms with Gasteiger partial charge in [0.2, 0.25) is 0 Å². The first-order valence-corrected chi connectivity index (χ1v) is 5.91. The lowest BCUT2D eigenvalue weighted by Crippen LogP contribution is -2.18. The van der Waals surface area contributed by atoms with E-state index in [9.17, 15) is 9.59 Å². The van der Waals surface area contributed by atoms with E-state index in [2.05, 4.69) is 0 Å². The molecule has 0 aliphatic heterocycles. The fourth-order valence-corrected chi connectivity index (χ4v) is 1.10. The SMILES string of the molecule is CCOC=C(C)C=C(C(=O)OCC)C(=O)OCC. The summed E-state index contributed by atoms with van der Waals surface area (Å²) in [5.41, 5.74) is 0.500. The Hall–Kier alpha value is -1.78. The number of allylic oxidation sites excluding steroid dienone is 2. The molecule has 0 aromatic rings. The van der Waals surface area contributed by atoms with Crippen LogP contribution in [0.1, 0.15) is 27.7 Å². The fourth-order valence-electron chi connectivity index (χ4n) is 1.10. The van der Waals surface area contributed by atoms with Crippen molar-refractivity contribution in [3.63, 3.8) is 0 Å². The largest absolute Gasteiger partial charge is 0.501 e. The summed E-state index contributed by atoms with van der Waals surface area (Å²) in [5.74, 6) is -1.39. The molecule has 0 aromatic carbocycles. The van der Waals surface area contributed by atoms with Gasteiger partial charge in [0.15, 0.2) is 0 Å². The molecule has 0 aliphatic rings. The second-order valence-electron chi connectivity index (χ2n) is 3.32. The van der Waals surface area contributed by atoms with Crippen molar-refractivity contribution in [3.05, 3.63) is 23.5 Å². The minimum Gasteiger partial charge on any atom is -0.501 e. The van der Waals surface area contributed by atoms with Crippen molar-refractivity contribution in [1.29, 1.82) is 0 Å². The smallest absolute Gasteiger partial charge is 0.345 e. The van der Waals surface area contributed by atoms with Crippen LogP contribution in [0.15, 0.2) is 23.5 Å². The van der Waals surface area contributed by atoms with Crippen LogP contribution < -0.4 is 0 Å². The second kappa shape index (κ2) is 9.27. The van der Waals surface area contributed by atoms with Crippen LogP contribution in [0.4, 0.5) is 0 Å². The third-order valence-corrected chi connectivity index (χ3v) is 1.80. The Morgan fingerprint density at radius 3 is 1.83 bits per heavy atom. The Kier molecular flexibility index (Phi) is 8.35.